The van der Waals surface area contributed by atoms with E-state index >= 15 is 0 Å². The first-order valence-electron chi connectivity index (χ1n) is 5.89. The lowest BCUT2D eigenvalue weighted by molar-refractivity contribution is 0.0476. The second-order valence-electron chi connectivity index (χ2n) is 4.08. The maximum absolute atomic E-state index is 12.2. The van der Waals surface area contributed by atoms with Gasteiger partial charge in [-0.15, -0.1) is 5.10 Å². The third kappa shape index (κ3) is 2.85. The van der Waals surface area contributed by atoms with Gasteiger partial charge in [-0.1, -0.05) is 39.6 Å². The van der Waals surface area contributed by atoms with Gasteiger partial charge in [-0.05, 0) is 29.2 Å². The van der Waals surface area contributed by atoms with Crippen LogP contribution in [-0.2, 0) is 11.3 Å². The van der Waals surface area contributed by atoms with E-state index in [9.17, 15) is 4.79 Å². The highest BCUT2D eigenvalue weighted by atomic mass is 35.5. The number of carbonyl (C=O) groups excluding carboxylic acids is 1. The Morgan fingerprint density at radius 2 is 2.10 bits per heavy atom. The van der Waals surface area contributed by atoms with Crippen LogP contribution < -0.4 is 4.74 Å². The second kappa shape index (κ2) is 5.97. The summed E-state index contributed by atoms with van der Waals surface area (Å²) in [7, 11) is 1.60. The zero-order valence-electron chi connectivity index (χ0n) is 10.8. The summed E-state index contributed by atoms with van der Waals surface area (Å²) in [5.74, 6) is 0.288. The maximum Gasteiger partial charge on any atom is 0.342 e. The van der Waals surface area contributed by atoms with Crippen molar-refractivity contribution in [1.82, 2.24) is 9.59 Å². The Balaban J connectivity index is 1.74. The lowest BCUT2D eigenvalue weighted by Crippen LogP contribution is -2.04. The summed E-state index contributed by atoms with van der Waals surface area (Å²) < 4.78 is 15.2. The first-order valence-corrected chi connectivity index (χ1v) is 7.86. The molecular weight excluding hydrogens is 332 g/mol. The topological polar surface area (TPSA) is 61.3 Å². The molecule has 3 rings (SSSR count). The minimum absolute atomic E-state index is 0.169. The molecule has 0 aliphatic carbocycles. The molecule has 0 aliphatic heterocycles. The van der Waals surface area contributed by atoms with Gasteiger partial charge in [0.2, 0.25) is 0 Å². The zero-order valence-corrected chi connectivity index (χ0v) is 13.2. The number of benzene rings is 1. The van der Waals surface area contributed by atoms with Crippen LogP contribution in [0.2, 0.25) is 4.34 Å². The summed E-state index contributed by atoms with van der Waals surface area (Å²) in [5.41, 5.74) is 1.22. The summed E-state index contributed by atoms with van der Waals surface area (Å²) in [6.07, 6.45) is 0. The van der Waals surface area contributed by atoms with Crippen molar-refractivity contribution >= 4 is 50.0 Å². The van der Waals surface area contributed by atoms with Gasteiger partial charge in [0.15, 0.2) is 4.83 Å². The summed E-state index contributed by atoms with van der Waals surface area (Å²) in [5, 5.41) is 3.90. The van der Waals surface area contributed by atoms with Gasteiger partial charge in [0.25, 0.3) is 0 Å². The normalized spacial score (nSPS) is 10.8. The molecule has 0 unspecified atom stereocenters. The van der Waals surface area contributed by atoms with Crippen LogP contribution in [0.25, 0.3) is 9.53 Å². The standard InChI is InChI=1S/C13H9ClN2O3S2/c1-18-8-4-2-7(3-5-8)6-19-13(17)9-10-12(15-16-21-10)20-11(9)14/h2-5H,6H2,1H3. The van der Waals surface area contributed by atoms with E-state index in [1.807, 2.05) is 24.3 Å². The van der Waals surface area contributed by atoms with E-state index in [1.165, 1.54) is 11.3 Å². The lowest BCUT2D eigenvalue weighted by Gasteiger charge is -2.05. The third-order valence-corrected chi connectivity index (χ3v) is 4.96. The first kappa shape index (κ1) is 14.2. The Hall–Kier alpha value is -1.70. The van der Waals surface area contributed by atoms with Crippen molar-refractivity contribution in [3.8, 4) is 5.75 Å². The summed E-state index contributed by atoms with van der Waals surface area (Å²) in [6, 6.07) is 7.30. The summed E-state index contributed by atoms with van der Waals surface area (Å²) in [4.78, 5) is 12.8. The first-order chi connectivity index (χ1) is 10.2. The lowest BCUT2D eigenvalue weighted by atomic mass is 10.2. The third-order valence-electron chi connectivity index (χ3n) is 2.80. The molecule has 108 valence electrons. The number of hydrogen-bond donors (Lipinski definition) is 0. The van der Waals surface area contributed by atoms with Crippen molar-refractivity contribution in [3.63, 3.8) is 0 Å². The van der Waals surface area contributed by atoms with Crippen LogP contribution in [0.5, 0.6) is 5.75 Å². The van der Waals surface area contributed by atoms with Gasteiger partial charge in [0.1, 0.15) is 27.0 Å². The molecule has 2 heterocycles. The minimum atomic E-state index is -0.465. The number of ether oxygens (including phenoxy) is 2. The molecule has 2 aromatic heterocycles. The molecule has 21 heavy (non-hydrogen) atoms. The van der Waals surface area contributed by atoms with E-state index in [-0.39, 0.29) is 6.61 Å². The number of halogens is 1. The average molecular weight is 341 g/mol. The molecule has 0 saturated heterocycles. The Morgan fingerprint density at radius 3 is 2.81 bits per heavy atom. The SMILES string of the molecule is COc1ccc(COC(=O)c2c(Cl)sc3nnsc23)cc1. The Kier molecular flexibility index (Phi) is 4.05. The van der Waals surface area contributed by atoms with Gasteiger partial charge < -0.3 is 9.47 Å². The molecule has 0 bridgehead atoms. The molecular formula is C13H9ClN2O3S2. The molecule has 0 spiro atoms. The Labute approximate surface area is 133 Å². The number of methoxy groups -OCH3 is 1. The smallest absolute Gasteiger partial charge is 0.342 e. The molecule has 8 heteroatoms. The summed E-state index contributed by atoms with van der Waals surface area (Å²) in [6.45, 7) is 0.169. The van der Waals surface area contributed by atoms with Crippen LogP contribution in [0.4, 0.5) is 0 Å². The number of aromatic nitrogens is 2. The minimum Gasteiger partial charge on any atom is -0.497 e. The van der Waals surface area contributed by atoms with E-state index in [2.05, 4.69) is 9.59 Å². The van der Waals surface area contributed by atoms with Crippen LogP contribution in [0.15, 0.2) is 24.3 Å². The molecule has 0 N–H and O–H groups in total. The second-order valence-corrected chi connectivity index (χ2v) is 6.44. The van der Waals surface area contributed by atoms with Crippen molar-refractivity contribution in [2.75, 3.05) is 7.11 Å². The average Bonchev–Trinajstić information content (AvgIpc) is 3.05. The van der Waals surface area contributed by atoms with E-state index in [4.69, 9.17) is 21.1 Å². The van der Waals surface area contributed by atoms with Gasteiger partial charge in [-0.25, -0.2) is 4.79 Å². The number of carbonyl (C=O) groups is 1. The molecule has 0 atom stereocenters. The molecule has 0 saturated carbocycles. The molecule has 0 radical (unpaired) electrons. The number of esters is 1. The fourth-order valence-corrected chi connectivity index (χ4v) is 3.88. The van der Waals surface area contributed by atoms with Gasteiger partial charge in [0, 0.05) is 0 Å². The maximum atomic E-state index is 12.2. The highest BCUT2D eigenvalue weighted by molar-refractivity contribution is 7.27. The van der Waals surface area contributed by atoms with Crippen LogP contribution >= 0.6 is 34.5 Å². The van der Waals surface area contributed by atoms with Crippen LogP contribution in [0.1, 0.15) is 15.9 Å². The highest BCUT2D eigenvalue weighted by Crippen LogP contribution is 2.36. The van der Waals surface area contributed by atoms with Crippen molar-refractivity contribution in [3.05, 3.63) is 39.7 Å². The molecule has 3 aromatic rings. The highest BCUT2D eigenvalue weighted by Gasteiger charge is 2.22. The van der Waals surface area contributed by atoms with Crippen LogP contribution in [-0.4, -0.2) is 22.7 Å². The number of thiophene rings is 1. The van der Waals surface area contributed by atoms with Crippen molar-refractivity contribution in [1.29, 1.82) is 0 Å². The molecule has 1 aromatic carbocycles. The quantitative estimate of drug-likeness (QED) is 0.676. The number of rotatable bonds is 4. The van der Waals surface area contributed by atoms with Gasteiger partial charge in [-0.2, -0.15) is 0 Å². The van der Waals surface area contributed by atoms with E-state index in [0.717, 1.165) is 22.8 Å². The van der Waals surface area contributed by atoms with E-state index in [1.54, 1.807) is 7.11 Å². The van der Waals surface area contributed by atoms with Crippen LogP contribution in [0, 0.1) is 0 Å². The van der Waals surface area contributed by atoms with E-state index < -0.39 is 5.97 Å². The predicted molar refractivity (Wildman–Crippen MR) is 82.4 cm³/mol. The number of nitrogens with zero attached hydrogens (tertiary/aromatic N) is 2. The molecule has 0 fully saturated rings. The molecule has 0 amide bonds. The Morgan fingerprint density at radius 1 is 1.33 bits per heavy atom. The van der Waals surface area contributed by atoms with Crippen molar-refractivity contribution < 1.29 is 14.3 Å². The summed E-state index contributed by atoms with van der Waals surface area (Å²) >= 11 is 8.43. The number of fused-ring (bicyclic) bond motifs is 1. The van der Waals surface area contributed by atoms with Crippen molar-refractivity contribution in [2.24, 2.45) is 0 Å². The van der Waals surface area contributed by atoms with E-state index in [0.29, 0.717) is 19.4 Å². The van der Waals surface area contributed by atoms with Crippen LogP contribution in [0.3, 0.4) is 0 Å². The zero-order chi connectivity index (χ0) is 14.8. The molecule has 0 aliphatic rings. The fraction of sp³-hybridized carbons (Fsp3) is 0.154. The monoisotopic (exact) mass is 340 g/mol. The van der Waals surface area contributed by atoms with Gasteiger partial charge in [-0.3, -0.25) is 0 Å². The fourth-order valence-electron chi connectivity index (χ4n) is 1.74. The molecule has 5 nitrogen and oxygen atoms in total. The Bertz CT molecular complexity index is 782. The van der Waals surface area contributed by atoms with Gasteiger partial charge in [0.05, 0.1) is 7.11 Å². The predicted octanol–water partition coefficient (Wildman–Crippen LogP) is 3.77. The number of hydrogen-bond acceptors (Lipinski definition) is 7. The van der Waals surface area contributed by atoms with Gasteiger partial charge >= 0.3 is 5.97 Å². The van der Waals surface area contributed by atoms with Crippen molar-refractivity contribution in [2.45, 2.75) is 6.61 Å². The largest absolute Gasteiger partial charge is 0.497 e.